The average molecular weight is 306 g/mol. The van der Waals surface area contributed by atoms with Crippen LogP contribution >= 0.6 is 33.9 Å². The lowest BCUT2D eigenvalue weighted by Crippen LogP contribution is -1.95. The highest BCUT2D eigenvalue weighted by Gasteiger charge is 2.12. The van der Waals surface area contributed by atoms with E-state index in [0.29, 0.717) is 0 Å². The van der Waals surface area contributed by atoms with Crippen molar-refractivity contribution in [3.05, 3.63) is 44.0 Å². The molecule has 0 saturated heterocycles. The minimum absolute atomic E-state index is 0.557. The summed E-state index contributed by atoms with van der Waals surface area (Å²) in [5.74, 6) is 0. The molecule has 68 valence electrons. The Morgan fingerprint density at radius 1 is 1.46 bits per heavy atom. The Bertz CT molecular complexity index is 380. The first-order valence-electron chi connectivity index (χ1n) is 3.71. The van der Waals surface area contributed by atoms with E-state index in [4.69, 9.17) is 4.42 Å². The van der Waals surface area contributed by atoms with Gasteiger partial charge in [0.15, 0.2) is 0 Å². The Kier molecular flexibility index (Phi) is 2.71. The Hall–Kier alpha value is -0.330. The van der Waals surface area contributed by atoms with Crippen LogP contribution in [0.25, 0.3) is 0 Å². The maximum atomic E-state index is 9.84. The number of aliphatic hydroxyl groups is 1. The number of aliphatic hydroxyl groups excluding tert-OH is 1. The van der Waals surface area contributed by atoms with Crippen molar-refractivity contribution in [1.29, 1.82) is 0 Å². The van der Waals surface area contributed by atoms with E-state index in [-0.39, 0.29) is 0 Å². The minimum Gasteiger partial charge on any atom is -0.472 e. The molecule has 0 radical (unpaired) electrons. The third-order valence-corrected chi connectivity index (χ3v) is 3.57. The molecule has 0 aliphatic rings. The van der Waals surface area contributed by atoms with Gasteiger partial charge in [-0.25, -0.2) is 0 Å². The Balaban J connectivity index is 2.28. The van der Waals surface area contributed by atoms with Crippen LogP contribution in [0.1, 0.15) is 17.2 Å². The van der Waals surface area contributed by atoms with Crippen LogP contribution in [0.3, 0.4) is 0 Å². The van der Waals surface area contributed by atoms with Crippen LogP contribution in [0.5, 0.6) is 0 Å². The zero-order chi connectivity index (χ0) is 9.26. The van der Waals surface area contributed by atoms with Crippen LogP contribution in [0.2, 0.25) is 0 Å². The summed E-state index contributed by atoms with van der Waals surface area (Å²) in [5.41, 5.74) is 1.73. The van der Waals surface area contributed by atoms with Gasteiger partial charge >= 0.3 is 0 Å². The van der Waals surface area contributed by atoms with E-state index in [2.05, 4.69) is 22.6 Å². The summed E-state index contributed by atoms with van der Waals surface area (Å²) in [6, 6.07) is 3.75. The summed E-state index contributed by atoms with van der Waals surface area (Å²) in [5, 5.41) is 11.8. The molecule has 2 aromatic heterocycles. The van der Waals surface area contributed by atoms with Gasteiger partial charge in [0.2, 0.25) is 0 Å². The second-order valence-electron chi connectivity index (χ2n) is 2.64. The summed E-state index contributed by atoms with van der Waals surface area (Å²) in [6.45, 7) is 0. The van der Waals surface area contributed by atoms with Crippen molar-refractivity contribution < 1.29 is 9.52 Å². The molecule has 2 nitrogen and oxygen atoms in total. The van der Waals surface area contributed by atoms with Crippen molar-refractivity contribution in [2.45, 2.75) is 6.10 Å². The molecule has 1 atom stereocenters. The molecule has 2 heterocycles. The lowest BCUT2D eigenvalue weighted by atomic mass is 10.1. The smallest absolute Gasteiger partial charge is 0.108 e. The Labute approximate surface area is 93.3 Å². The summed E-state index contributed by atoms with van der Waals surface area (Å²) >= 11 is 3.86. The highest BCUT2D eigenvalue weighted by molar-refractivity contribution is 14.1. The standard InChI is InChI=1S/C9H7IO2S/c10-8-3-7(5-13-8)9(11)6-1-2-12-4-6/h1-5,9,11H. The van der Waals surface area contributed by atoms with Crippen LogP contribution < -0.4 is 0 Å². The van der Waals surface area contributed by atoms with Crippen LogP contribution in [0.15, 0.2) is 34.5 Å². The van der Waals surface area contributed by atoms with Crippen LogP contribution in [0.4, 0.5) is 0 Å². The lowest BCUT2D eigenvalue weighted by molar-refractivity contribution is 0.219. The average Bonchev–Trinajstić information content (AvgIpc) is 2.72. The highest BCUT2D eigenvalue weighted by Crippen LogP contribution is 2.27. The van der Waals surface area contributed by atoms with E-state index in [0.717, 1.165) is 11.1 Å². The second kappa shape index (κ2) is 3.81. The normalized spacial score (nSPS) is 13.1. The van der Waals surface area contributed by atoms with Gasteiger partial charge < -0.3 is 9.52 Å². The first-order valence-corrected chi connectivity index (χ1v) is 5.67. The Morgan fingerprint density at radius 3 is 2.85 bits per heavy atom. The highest BCUT2D eigenvalue weighted by atomic mass is 127. The fourth-order valence-electron chi connectivity index (χ4n) is 1.09. The zero-order valence-corrected chi connectivity index (χ0v) is 9.58. The second-order valence-corrected chi connectivity index (χ2v) is 5.45. The van der Waals surface area contributed by atoms with Crippen molar-refractivity contribution in [1.82, 2.24) is 0 Å². The summed E-state index contributed by atoms with van der Waals surface area (Å²) in [4.78, 5) is 0. The van der Waals surface area contributed by atoms with E-state index in [1.807, 2.05) is 11.4 Å². The van der Waals surface area contributed by atoms with Gasteiger partial charge in [0.25, 0.3) is 0 Å². The van der Waals surface area contributed by atoms with E-state index >= 15 is 0 Å². The number of thiophene rings is 1. The van der Waals surface area contributed by atoms with Gasteiger partial charge in [-0.2, -0.15) is 0 Å². The molecule has 2 rings (SSSR count). The molecule has 0 saturated carbocycles. The van der Waals surface area contributed by atoms with Gasteiger partial charge in [-0.3, -0.25) is 0 Å². The Morgan fingerprint density at radius 2 is 2.31 bits per heavy atom. The molecule has 0 aliphatic heterocycles. The number of halogens is 1. The summed E-state index contributed by atoms with van der Waals surface area (Å²) < 4.78 is 6.08. The van der Waals surface area contributed by atoms with Gasteiger partial charge in [-0.1, -0.05) is 0 Å². The summed E-state index contributed by atoms with van der Waals surface area (Å²) in [7, 11) is 0. The molecule has 1 unspecified atom stereocenters. The van der Waals surface area contributed by atoms with Crippen LogP contribution in [-0.2, 0) is 0 Å². The van der Waals surface area contributed by atoms with Gasteiger partial charge in [0, 0.05) is 5.56 Å². The van der Waals surface area contributed by atoms with E-state index in [1.54, 1.807) is 29.9 Å². The van der Waals surface area contributed by atoms with E-state index in [9.17, 15) is 5.11 Å². The van der Waals surface area contributed by atoms with E-state index in [1.165, 1.54) is 2.88 Å². The number of hydrogen-bond acceptors (Lipinski definition) is 3. The number of furan rings is 1. The molecular formula is C9H7IO2S. The lowest BCUT2D eigenvalue weighted by Gasteiger charge is -2.04. The van der Waals surface area contributed by atoms with Crippen LogP contribution in [-0.4, -0.2) is 5.11 Å². The summed E-state index contributed by atoms with van der Waals surface area (Å²) in [6.07, 6.45) is 2.57. The molecule has 0 aromatic carbocycles. The van der Waals surface area contributed by atoms with Gasteiger partial charge in [-0.05, 0) is 45.7 Å². The number of rotatable bonds is 2. The molecule has 0 aliphatic carbocycles. The molecular weight excluding hydrogens is 299 g/mol. The van der Waals surface area contributed by atoms with Crippen molar-refractivity contribution in [3.8, 4) is 0 Å². The minimum atomic E-state index is -0.557. The van der Waals surface area contributed by atoms with E-state index < -0.39 is 6.10 Å². The van der Waals surface area contributed by atoms with Crippen molar-refractivity contribution in [2.75, 3.05) is 0 Å². The fraction of sp³-hybridized carbons (Fsp3) is 0.111. The molecule has 1 N–H and O–H groups in total. The SMILES string of the molecule is OC(c1ccoc1)c1csc(I)c1. The first kappa shape index (κ1) is 9.23. The quantitative estimate of drug-likeness (QED) is 0.865. The zero-order valence-electron chi connectivity index (χ0n) is 6.61. The maximum Gasteiger partial charge on any atom is 0.108 e. The predicted molar refractivity (Wildman–Crippen MR) is 59.8 cm³/mol. The molecule has 0 bridgehead atoms. The monoisotopic (exact) mass is 306 g/mol. The number of hydrogen-bond donors (Lipinski definition) is 1. The van der Waals surface area contributed by atoms with Crippen molar-refractivity contribution >= 4 is 33.9 Å². The predicted octanol–water partition coefficient (Wildman–Crippen LogP) is 3.03. The largest absolute Gasteiger partial charge is 0.472 e. The molecule has 2 aromatic rings. The van der Waals surface area contributed by atoms with Crippen molar-refractivity contribution in [3.63, 3.8) is 0 Å². The third kappa shape index (κ3) is 1.95. The molecule has 0 amide bonds. The van der Waals surface area contributed by atoms with Gasteiger partial charge in [0.1, 0.15) is 6.10 Å². The molecule has 4 heteroatoms. The van der Waals surface area contributed by atoms with Gasteiger partial charge in [0.05, 0.1) is 15.4 Å². The fourth-order valence-corrected chi connectivity index (χ4v) is 2.48. The van der Waals surface area contributed by atoms with Crippen LogP contribution in [0, 0.1) is 2.88 Å². The molecule has 0 fully saturated rings. The third-order valence-electron chi connectivity index (χ3n) is 1.76. The molecule has 13 heavy (non-hydrogen) atoms. The van der Waals surface area contributed by atoms with Gasteiger partial charge in [-0.15, -0.1) is 11.3 Å². The molecule has 0 spiro atoms. The first-order chi connectivity index (χ1) is 6.27. The topological polar surface area (TPSA) is 33.4 Å². The maximum absolute atomic E-state index is 9.84. The van der Waals surface area contributed by atoms with Crippen molar-refractivity contribution in [2.24, 2.45) is 0 Å².